The number of benzene rings is 2. The Balaban J connectivity index is 1.58. The van der Waals surface area contributed by atoms with Crippen LogP contribution in [0.1, 0.15) is 25.0 Å². The van der Waals surface area contributed by atoms with Gasteiger partial charge in [-0.15, -0.1) is 0 Å². The summed E-state index contributed by atoms with van der Waals surface area (Å²) in [4.78, 5) is 2.05. The number of nitrogens with one attached hydrogen (secondary N) is 1. The van der Waals surface area contributed by atoms with Gasteiger partial charge in [0.1, 0.15) is 5.82 Å². The highest BCUT2D eigenvalue weighted by Crippen LogP contribution is 2.26. The van der Waals surface area contributed by atoms with Gasteiger partial charge in [0.25, 0.3) is 0 Å². The number of phenols is 1. The van der Waals surface area contributed by atoms with Crippen molar-refractivity contribution in [3.05, 3.63) is 53.3 Å². The number of rotatable bonds is 6. The molecular weight excluding hydrogens is 347 g/mol. The van der Waals surface area contributed by atoms with Crippen molar-refractivity contribution < 1.29 is 19.0 Å². The van der Waals surface area contributed by atoms with Crippen LogP contribution in [-0.2, 0) is 17.8 Å². The van der Waals surface area contributed by atoms with E-state index in [0.717, 1.165) is 11.1 Å². The first-order valence-electron chi connectivity index (χ1n) is 9.21. The van der Waals surface area contributed by atoms with E-state index in [1.807, 2.05) is 36.9 Å². The predicted octanol–water partition coefficient (Wildman–Crippen LogP) is 3.44. The Labute approximate surface area is 159 Å². The fourth-order valence-corrected chi connectivity index (χ4v) is 3.49. The molecule has 1 saturated heterocycles. The number of anilines is 1. The molecule has 146 valence electrons. The van der Waals surface area contributed by atoms with Crippen LogP contribution in [0, 0.1) is 5.82 Å². The van der Waals surface area contributed by atoms with Gasteiger partial charge in [-0.25, -0.2) is 4.39 Å². The third kappa shape index (κ3) is 4.90. The number of nitrogens with zero attached hydrogens (tertiary/aromatic N) is 1. The monoisotopic (exact) mass is 374 g/mol. The predicted molar refractivity (Wildman–Crippen MR) is 104 cm³/mol. The van der Waals surface area contributed by atoms with Gasteiger partial charge in [-0.1, -0.05) is 12.1 Å². The average molecular weight is 374 g/mol. The van der Waals surface area contributed by atoms with Gasteiger partial charge >= 0.3 is 0 Å². The molecule has 6 heteroatoms. The molecule has 3 rings (SSSR count). The largest absolute Gasteiger partial charge is 0.504 e. The molecule has 2 unspecified atom stereocenters. The topological polar surface area (TPSA) is 54.0 Å². The van der Waals surface area contributed by atoms with E-state index in [9.17, 15) is 9.50 Å². The average Bonchev–Trinajstić information content (AvgIpc) is 2.61. The minimum Gasteiger partial charge on any atom is -0.504 e. The van der Waals surface area contributed by atoms with Crippen molar-refractivity contribution in [2.24, 2.45) is 0 Å². The van der Waals surface area contributed by atoms with Crippen molar-refractivity contribution in [1.29, 1.82) is 0 Å². The van der Waals surface area contributed by atoms with Gasteiger partial charge < -0.3 is 24.8 Å². The van der Waals surface area contributed by atoms with Gasteiger partial charge in [0.05, 0.1) is 25.0 Å². The summed E-state index contributed by atoms with van der Waals surface area (Å²) in [5.41, 5.74) is 2.44. The highest BCUT2D eigenvalue weighted by Gasteiger charge is 2.24. The summed E-state index contributed by atoms with van der Waals surface area (Å²) in [6.07, 6.45) is 0.186. The van der Waals surface area contributed by atoms with E-state index in [4.69, 9.17) is 9.47 Å². The highest BCUT2D eigenvalue weighted by molar-refractivity contribution is 5.50. The number of phenolic OH excluding ortho intramolecular Hbond substituents is 1. The van der Waals surface area contributed by atoms with Gasteiger partial charge in [-0.2, -0.15) is 0 Å². The van der Waals surface area contributed by atoms with E-state index in [1.54, 1.807) is 18.2 Å². The van der Waals surface area contributed by atoms with E-state index in [2.05, 4.69) is 5.32 Å². The summed E-state index contributed by atoms with van der Waals surface area (Å²) in [5, 5.41) is 13.1. The van der Waals surface area contributed by atoms with Gasteiger partial charge in [-0.05, 0) is 49.2 Å². The lowest BCUT2D eigenvalue weighted by atomic mass is 10.1. The molecule has 0 amide bonds. The van der Waals surface area contributed by atoms with Crippen LogP contribution in [0.4, 0.5) is 10.1 Å². The molecule has 0 aliphatic carbocycles. The summed E-state index contributed by atoms with van der Waals surface area (Å²) in [5.74, 6) is 0.349. The Morgan fingerprint density at radius 3 is 2.33 bits per heavy atom. The molecule has 27 heavy (non-hydrogen) atoms. The maximum atomic E-state index is 14.6. The first-order chi connectivity index (χ1) is 13.0. The zero-order valence-electron chi connectivity index (χ0n) is 16.0. The normalized spacial score (nSPS) is 19.9. The number of aromatic hydroxyl groups is 1. The van der Waals surface area contributed by atoms with Crippen LogP contribution in [0.2, 0.25) is 0 Å². The standard InChI is InChI=1S/C21H27FN2O3/c1-14-12-24(13-15(2)27-14)19-6-4-16(8-18(19)22)10-23-11-17-5-7-21(26-3)20(25)9-17/h4-9,14-15,23,25H,10-13H2,1-3H3. The van der Waals surface area contributed by atoms with Crippen molar-refractivity contribution in [3.8, 4) is 11.5 Å². The molecule has 2 atom stereocenters. The molecule has 0 spiro atoms. The van der Waals surface area contributed by atoms with Crippen LogP contribution in [0.15, 0.2) is 36.4 Å². The third-order valence-corrected chi connectivity index (χ3v) is 4.67. The molecule has 0 saturated carbocycles. The SMILES string of the molecule is COc1ccc(CNCc2ccc(N3CC(C)OC(C)C3)c(F)c2)cc1O. The van der Waals surface area contributed by atoms with Crippen LogP contribution in [0.5, 0.6) is 11.5 Å². The molecule has 1 heterocycles. The fraction of sp³-hybridized carbons (Fsp3) is 0.429. The Morgan fingerprint density at radius 1 is 1.11 bits per heavy atom. The zero-order chi connectivity index (χ0) is 19.4. The molecule has 1 aliphatic rings. The summed E-state index contributed by atoms with van der Waals surface area (Å²) < 4.78 is 25.4. The number of hydrogen-bond acceptors (Lipinski definition) is 5. The number of methoxy groups -OCH3 is 1. The van der Waals surface area contributed by atoms with E-state index >= 15 is 0 Å². The van der Waals surface area contributed by atoms with Crippen molar-refractivity contribution in [2.75, 3.05) is 25.1 Å². The molecule has 0 bridgehead atoms. The second-order valence-corrected chi connectivity index (χ2v) is 7.06. The van der Waals surface area contributed by atoms with E-state index < -0.39 is 0 Å². The van der Waals surface area contributed by atoms with E-state index in [0.29, 0.717) is 37.6 Å². The van der Waals surface area contributed by atoms with E-state index in [-0.39, 0.29) is 23.8 Å². The Morgan fingerprint density at radius 2 is 1.74 bits per heavy atom. The summed E-state index contributed by atoms with van der Waals surface area (Å²) in [6.45, 7) is 6.52. The van der Waals surface area contributed by atoms with Crippen molar-refractivity contribution in [2.45, 2.75) is 39.1 Å². The molecular formula is C21H27FN2O3. The first-order valence-corrected chi connectivity index (χ1v) is 9.21. The molecule has 5 nitrogen and oxygen atoms in total. The summed E-state index contributed by atoms with van der Waals surface area (Å²) in [7, 11) is 1.52. The maximum absolute atomic E-state index is 14.6. The highest BCUT2D eigenvalue weighted by atomic mass is 19.1. The van der Waals surface area contributed by atoms with Gasteiger partial charge in [0.15, 0.2) is 11.5 Å². The Bertz CT molecular complexity index is 774. The molecule has 1 fully saturated rings. The Kier molecular flexibility index (Phi) is 6.19. The lowest BCUT2D eigenvalue weighted by molar-refractivity contribution is -0.00539. The van der Waals surface area contributed by atoms with Gasteiger partial charge in [0.2, 0.25) is 0 Å². The Hall–Kier alpha value is -2.31. The van der Waals surface area contributed by atoms with Crippen LogP contribution in [0.3, 0.4) is 0 Å². The molecule has 0 radical (unpaired) electrons. The number of hydrogen-bond donors (Lipinski definition) is 2. The lowest BCUT2D eigenvalue weighted by Gasteiger charge is -2.37. The third-order valence-electron chi connectivity index (χ3n) is 4.67. The number of ether oxygens (including phenoxy) is 2. The van der Waals surface area contributed by atoms with Crippen molar-refractivity contribution in [1.82, 2.24) is 5.32 Å². The molecule has 0 aromatic heterocycles. The van der Waals surface area contributed by atoms with Crippen molar-refractivity contribution in [3.63, 3.8) is 0 Å². The van der Waals surface area contributed by atoms with Crippen LogP contribution in [0.25, 0.3) is 0 Å². The zero-order valence-corrected chi connectivity index (χ0v) is 16.0. The minimum atomic E-state index is -0.210. The maximum Gasteiger partial charge on any atom is 0.160 e. The van der Waals surface area contributed by atoms with Gasteiger partial charge in [-0.3, -0.25) is 0 Å². The number of halogens is 1. The lowest BCUT2D eigenvalue weighted by Crippen LogP contribution is -2.45. The molecule has 1 aliphatic heterocycles. The van der Waals surface area contributed by atoms with E-state index in [1.165, 1.54) is 7.11 Å². The smallest absolute Gasteiger partial charge is 0.160 e. The van der Waals surface area contributed by atoms with Crippen molar-refractivity contribution >= 4 is 5.69 Å². The molecule has 2 aromatic carbocycles. The second-order valence-electron chi connectivity index (χ2n) is 7.06. The van der Waals surface area contributed by atoms with Crippen LogP contribution < -0.4 is 15.0 Å². The summed E-state index contributed by atoms with van der Waals surface area (Å²) >= 11 is 0. The van der Waals surface area contributed by atoms with Crippen LogP contribution in [-0.4, -0.2) is 37.5 Å². The first kappa shape index (κ1) is 19.5. The second kappa shape index (κ2) is 8.59. The molecule has 2 N–H and O–H groups in total. The van der Waals surface area contributed by atoms with Gasteiger partial charge in [0, 0.05) is 26.2 Å². The summed E-state index contributed by atoms with van der Waals surface area (Å²) in [6, 6.07) is 10.6. The minimum absolute atomic E-state index is 0.0930. The quantitative estimate of drug-likeness (QED) is 0.811. The number of morpholine rings is 1. The van der Waals surface area contributed by atoms with Crippen LogP contribution >= 0.6 is 0 Å². The fourth-order valence-electron chi connectivity index (χ4n) is 3.49. The molecule has 2 aromatic rings.